The topological polar surface area (TPSA) is 47.3 Å². The van der Waals surface area contributed by atoms with Crippen molar-refractivity contribution < 1.29 is 5.11 Å². The summed E-state index contributed by atoms with van der Waals surface area (Å²) in [4.78, 5) is 3.29. The molecule has 0 saturated carbocycles. The Morgan fingerprint density at radius 3 is 2.95 bits per heavy atom. The van der Waals surface area contributed by atoms with Crippen molar-refractivity contribution in [2.24, 2.45) is 0 Å². The molecule has 0 aromatic heterocycles. The summed E-state index contributed by atoms with van der Waals surface area (Å²) in [5.74, 6) is 0.960. The van der Waals surface area contributed by atoms with E-state index in [1.807, 2.05) is 18.2 Å². The SMILES string of the molecule is CCSc1cccc(N2CCCCCC2CO)c1C#N. The molecule has 1 aliphatic heterocycles. The van der Waals surface area contributed by atoms with E-state index in [2.05, 4.69) is 17.9 Å². The molecular formula is C16H22N2OS. The van der Waals surface area contributed by atoms with Crippen LogP contribution in [0, 0.1) is 11.3 Å². The molecule has 0 amide bonds. The summed E-state index contributed by atoms with van der Waals surface area (Å²) in [6, 6.07) is 8.57. The molecule has 1 aliphatic rings. The summed E-state index contributed by atoms with van der Waals surface area (Å²) in [7, 11) is 0. The highest BCUT2D eigenvalue weighted by Crippen LogP contribution is 2.33. The Kier molecular flexibility index (Phi) is 5.75. The number of nitriles is 1. The summed E-state index contributed by atoms with van der Waals surface area (Å²) in [6.07, 6.45) is 4.50. The zero-order valence-corrected chi connectivity index (χ0v) is 12.8. The zero-order valence-electron chi connectivity index (χ0n) is 12.0. The average molecular weight is 290 g/mol. The number of thioether (sulfide) groups is 1. The smallest absolute Gasteiger partial charge is 0.103 e. The predicted molar refractivity (Wildman–Crippen MR) is 84.2 cm³/mol. The lowest BCUT2D eigenvalue weighted by atomic mass is 10.1. The van der Waals surface area contributed by atoms with Gasteiger partial charge in [0.05, 0.1) is 23.9 Å². The monoisotopic (exact) mass is 290 g/mol. The van der Waals surface area contributed by atoms with Gasteiger partial charge in [0.2, 0.25) is 0 Å². The van der Waals surface area contributed by atoms with Gasteiger partial charge < -0.3 is 10.0 Å². The van der Waals surface area contributed by atoms with E-state index in [9.17, 15) is 10.4 Å². The van der Waals surface area contributed by atoms with E-state index in [0.717, 1.165) is 47.7 Å². The van der Waals surface area contributed by atoms with Crippen molar-refractivity contribution in [1.29, 1.82) is 5.26 Å². The summed E-state index contributed by atoms with van der Waals surface area (Å²) in [5, 5.41) is 19.2. The molecule has 1 aromatic rings. The standard InChI is InChI=1S/C16H22N2OS/c1-2-20-16-9-6-8-15(14(16)11-17)18-10-5-3-4-7-13(18)12-19/h6,8-9,13,19H,2-5,7,10,12H2,1H3. The second-order valence-electron chi connectivity index (χ2n) is 5.07. The molecule has 0 spiro atoms. The van der Waals surface area contributed by atoms with Crippen LogP contribution in [-0.4, -0.2) is 30.1 Å². The summed E-state index contributed by atoms with van der Waals surface area (Å²) < 4.78 is 0. The number of anilines is 1. The van der Waals surface area contributed by atoms with E-state index in [1.165, 1.54) is 6.42 Å². The lowest BCUT2D eigenvalue weighted by Crippen LogP contribution is -2.38. The largest absolute Gasteiger partial charge is 0.394 e. The van der Waals surface area contributed by atoms with Gasteiger partial charge in [0, 0.05) is 11.4 Å². The van der Waals surface area contributed by atoms with Crippen LogP contribution in [-0.2, 0) is 0 Å². The summed E-state index contributed by atoms with van der Waals surface area (Å²) in [6.45, 7) is 3.19. The molecule has 0 radical (unpaired) electrons. The van der Waals surface area contributed by atoms with Gasteiger partial charge in [0.15, 0.2) is 0 Å². The lowest BCUT2D eigenvalue weighted by molar-refractivity contribution is 0.255. The van der Waals surface area contributed by atoms with Crippen molar-refractivity contribution in [3.8, 4) is 6.07 Å². The van der Waals surface area contributed by atoms with Gasteiger partial charge in [-0.1, -0.05) is 25.8 Å². The Labute approximate surface area is 125 Å². The number of aliphatic hydroxyl groups excluding tert-OH is 1. The normalized spacial score (nSPS) is 19.4. The first kappa shape index (κ1) is 15.2. The van der Waals surface area contributed by atoms with Gasteiger partial charge in [-0.3, -0.25) is 0 Å². The molecule has 2 rings (SSSR count). The number of hydrogen-bond donors (Lipinski definition) is 1. The quantitative estimate of drug-likeness (QED) is 0.863. The molecular weight excluding hydrogens is 268 g/mol. The van der Waals surface area contributed by atoms with Crippen LogP contribution in [0.1, 0.15) is 38.2 Å². The minimum absolute atomic E-state index is 0.145. The molecule has 1 aromatic carbocycles. The molecule has 1 heterocycles. The molecule has 3 nitrogen and oxygen atoms in total. The highest BCUT2D eigenvalue weighted by molar-refractivity contribution is 7.99. The van der Waals surface area contributed by atoms with Crippen LogP contribution in [0.2, 0.25) is 0 Å². The highest BCUT2D eigenvalue weighted by Gasteiger charge is 2.23. The van der Waals surface area contributed by atoms with Crippen LogP contribution in [0.5, 0.6) is 0 Å². The lowest BCUT2D eigenvalue weighted by Gasteiger charge is -2.32. The van der Waals surface area contributed by atoms with Crippen molar-refractivity contribution in [2.45, 2.75) is 43.5 Å². The molecule has 20 heavy (non-hydrogen) atoms. The maximum atomic E-state index is 9.65. The van der Waals surface area contributed by atoms with E-state index in [4.69, 9.17) is 0 Å². The van der Waals surface area contributed by atoms with E-state index < -0.39 is 0 Å². The second kappa shape index (κ2) is 7.56. The maximum absolute atomic E-state index is 9.65. The summed E-state index contributed by atoms with van der Waals surface area (Å²) in [5.41, 5.74) is 1.76. The number of hydrogen-bond acceptors (Lipinski definition) is 4. The average Bonchev–Trinajstić information content (AvgIpc) is 2.72. The minimum Gasteiger partial charge on any atom is -0.394 e. The molecule has 0 bridgehead atoms. The molecule has 1 N–H and O–H groups in total. The van der Waals surface area contributed by atoms with Crippen LogP contribution >= 0.6 is 11.8 Å². The predicted octanol–water partition coefficient (Wildman–Crippen LogP) is 3.41. The second-order valence-corrected chi connectivity index (χ2v) is 6.38. The van der Waals surface area contributed by atoms with E-state index in [1.54, 1.807) is 11.8 Å². The first-order valence-electron chi connectivity index (χ1n) is 7.35. The van der Waals surface area contributed by atoms with Crippen LogP contribution in [0.15, 0.2) is 23.1 Å². The molecule has 1 fully saturated rings. The molecule has 0 aliphatic carbocycles. The van der Waals surface area contributed by atoms with E-state index >= 15 is 0 Å². The Balaban J connectivity index is 2.39. The Morgan fingerprint density at radius 1 is 1.40 bits per heavy atom. The number of rotatable bonds is 4. The molecule has 1 atom stereocenters. The van der Waals surface area contributed by atoms with Crippen LogP contribution in [0.4, 0.5) is 5.69 Å². The zero-order chi connectivity index (χ0) is 14.4. The van der Waals surface area contributed by atoms with Crippen molar-refractivity contribution in [2.75, 3.05) is 23.8 Å². The molecule has 1 saturated heterocycles. The first-order chi connectivity index (χ1) is 9.81. The van der Waals surface area contributed by atoms with E-state index in [-0.39, 0.29) is 12.6 Å². The third kappa shape index (κ3) is 3.28. The Morgan fingerprint density at radius 2 is 2.25 bits per heavy atom. The van der Waals surface area contributed by atoms with Crippen LogP contribution in [0.25, 0.3) is 0 Å². The van der Waals surface area contributed by atoms with Crippen molar-refractivity contribution in [1.82, 2.24) is 0 Å². The van der Waals surface area contributed by atoms with Crippen molar-refractivity contribution in [3.05, 3.63) is 23.8 Å². The fourth-order valence-electron chi connectivity index (χ4n) is 2.83. The maximum Gasteiger partial charge on any atom is 0.103 e. The third-order valence-corrected chi connectivity index (χ3v) is 4.75. The van der Waals surface area contributed by atoms with Crippen molar-refractivity contribution in [3.63, 3.8) is 0 Å². The fraction of sp³-hybridized carbons (Fsp3) is 0.562. The van der Waals surface area contributed by atoms with Gasteiger partial charge in [-0.05, 0) is 30.7 Å². The number of benzene rings is 1. The van der Waals surface area contributed by atoms with E-state index in [0.29, 0.717) is 0 Å². The Bertz CT molecular complexity index is 484. The van der Waals surface area contributed by atoms with Gasteiger partial charge >= 0.3 is 0 Å². The highest BCUT2D eigenvalue weighted by atomic mass is 32.2. The van der Waals surface area contributed by atoms with Gasteiger partial charge in [-0.25, -0.2) is 0 Å². The van der Waals surface area contributed by atoms with Gasteiger partial charge in [0.25, 0.3) is 0 Å². The Hall–Kier alpha value is -1.18. The summed E-state index contributed by atoms with van der Waals surface area (Å²) >= 11 is 1.71. The number of nitrogens with zero attached hydrogens (tertiary/aromatic N) is 2. The minimum atomic E-state index is 0.145. The van der Waals surface area contributed by atoms with Gasteiger partial charge in [-0.2, -0.15) is 5.26 Å². The van der Waals surface area contributed by atoms with Crippen LogP contribution in [0.3, 0.4) is 0 Å². The molecule has 108 valence electrons. The molecule has 4 heteroatoms. The van der Waals surface area contributed by atoms with Gasteiger partial charge in [0.1, 0.15) is 6.07 Å². The van der Waals surface area contributed by atoms with Crippen LogP contribution < -0.4 is 4.90 Å². The van der Waals surface area contributed by atoms with Gasteiger partial charge in [-0.15, -0.1) is 11.8 Å². The number of aliphatic hydroxyl groups is 1. The first-order valence-corrected chi connectivity index (χ1v) is 8.33. The molecule has 1 unspecified atom stereocenters. The third-order valence-electron chi connectivity index (χ3n) is 3.81. The fourth-order valence-corrected chi connectivity index (χ4v) is 3.61. The van der Waals surface area contributed by atoms with Crippen molar-refractivity contribution >= 4 is 17.4 Å².